The molecule has 1 amide bonds. The molecule has 9 heteroatoms. The van der Waals surface area contributed by atoms with E-state index >= 15 is 0 Å². The average Bonchev–Trinajstić information content (AvgIpc) is 2.78. The fourth-order valence-corrected chi connectivity index (χ4v) is 4.99. The van der Waals surface area contributed by atoms with E-state index in [4.69, 9.17) is 14.2 Å². The van der Waals surface area contributed by atoms with Gasteiger partial charge in [0.15, 0.2) is 9.84 Å². The molecule has 0 N–H and O–H groups in total. The Morgan fingerprint density at radius 2 is 1.67 bits per heavy atom. The van der Waals surface area contributed by atoms with Gasteiger partial charge in [0.2, 0.25) is 0 Å². The molecule has 0 aromatic heterocycles. The third-order valence-corrected chi connectivity index (χ3v) is 6.96. The topological polar surface area (TPSA) is 85.4 Å². The predicted octanol–water partition coefficient (Wildman–Crippen LogP) is 3.73. The molecule has 0 spiro atoms. The van der Waals surface area contributed by atoms with Gasteiger partial charge in [0.25, 0.3) is 0 Å². The summed E-state index contributed by atoms with van der Waals surface area (Å²) in [7, 11) is -0.469. The summed E-state index contributed by atoms with van der Waals surface area (Å²) in [5.41, 5.74) is 0.919. The predicted molar refractivity (Wildman–Crippen MR) is 127 cm³/mol. The molecule has 2 aromatic rings. The number of anilines is 1. The number of piperazine rings is 1. The van der Waals surface area contributed by atoms with E-state index in [9.17, 15) is 13.2 Å². The molecule has 1 aliphatic heterocycles. The molecule has 1 heterocycles. The van der Waals surface area contributed by atoms with E-state index in [0.29, 0.717) is 43.2 Å². The number of ether oxygens (including phenoxy) is 3. The van der Waals surface area contributed by atoms with Gasteiger partial charge in [0.05, 0.1) is 30.6 Å². The minimum Gasteiger partial charge on any atom is -0.497 e. The summed E-state index contributed by atoms with van der Waals surface area (Å²) in [6.07, 6.45) is -0.327. The van der Waals surface area contributed by atoms with Crippen LogP contribution in [-0.2, 0) is 20.3 Å². The summed E-state index contributed by atoms with van der Waals surface area (Å²) in [6, 6.07) is 11.9. The first-order valence-corrected chi connectivity index (χ1v) is 12.4. The maximum absolute atomic E-state index is 13.0. The highest BCUT2D eigenvalue weighted by atomic mass is 32.2. The smallest absolute Gasteiger partial charge is 0.410 e. The largest absolute Gasteiger partial charge is 0.497 e. The van der Waals surface area contributed by atoms with Gasteiger partial charge in [-0.1, -0.05) is 12.1 Å². The number of nitrogens with zero attached hydrogens (tertiary/aromatic N) is 2. The molecular weight excluding hydrogens is 444 g/mol. The molecule has 180 valence electrons. The van der Waals surface area contributed by atoms with Crippen molar-refractivity contribution in [1.82, 2.24) is 4.90 Å². The zero-order valence-electron chi connectivity index (χ0n) is 19.8. The van der Waals surface area contributed by atoms with Gasteiger partial charge in [-0.15, -0.1) is 0 Å². The van der Waals surface area contributed by atoms with Crippen LogP contribution in [0.25, 0.3) is 0 Å². The SMILES string of the molecule is COc1cccc(S(=O)(=O)Cc2ccc(OC)c(N3CCN(C(=O)OC(C)(C)C)CC3)c2)c1. The minimum atomic E-state index is -3.56. The van der Waals surface area contributed by atoms with E-state index in [1.54, 1.807) is 42.3 Å². The standard InChI is InChI=1S/C24H32N2O6S/c1-24(2,3)32-23(27)26-13-11-25(12-14-26)21-15-18(9-10-22(21)31-5)17-33(28,29)20-8-6-7-19(16-20)30-4/h6-10,15-16H,11-14,17H2,1-5H3. The highest BCUT2D eigenvalue weighted by Gasteiger charge is 2.27. The number of benzene rings is 2. The Bertz CT molecular complexity index is 1090. The van der Waals surface area contributed by atoms with Gasteiger partial charge in [0, 0.05) is 26.2 Å². The number of hydrogen-bond donors (Lipinski definition) is 0. The number of rotatable bonds is 6. The molecule has 1 saturated heterocycles. The number of sulfone groups is 1. The Morgan fingerprint density at radius 3 is 2.27 bits per heavy atom. The quantitative estimate of drug-likeness (QED) is 0.628. The number of methoxy groups -OCH3 is 2. The van der Waals surface area contributed by atoms with Crippen molar-refractivity contribution in [3.05, 3.63) is 48.0 Å². The lowest BCUT2D eigenvalue weighted by atomic mass is 10.1. The van der Waals surface area contributed by atoms with Crippen LogP contribution in [0.1, 0.15) is 26.3 Å². The number of amides is 1. The fraction of sp³-hybridized carbons (Fsp3) is 0.458. The van der Waals surface area contributed by atoms with E-state index in [1.807, 2.05) is 26.8 Å². The van der Waals surface area contributed by atoms with E-state index in [0.717, 1.165) is 5.69 Å². The van der Waals surface area contributed by atoms with Gasteiger partial charge in [-0.05, 0) is 56.7 Å². The lowest BCUT2D eigenvalue weighted by Crippen LogP contribution is -2.50. The van der Waals surface area contributed by atoms with Crippen molar-refractivity contribution in [1.29, 1.82) is 0 Å². The van der Waals surface area contributed by atoms with E-state index in [-0.39, 0.29) is 16.7 Å². The van der Waals surface area contributed by atoms with Crippen molar-refractivity contribution < 1.29 is 27.4 Å². The molecule has 0 radical (unpaired) electrons. The van der Waals surface area contributed by atoms with Crippen LogP contribution < -0.4 is 14.4 Å². The second-order valence-electron chi connectivity index (χ2n) is 8.90. The summed E-state index contributed by atoms with van der Waals surface area (Å²) in [6.45, 7) is 7.71. The number of carbonyl (C=O) groups excluding carboxylic acids is 1. The Kier molecular flexibility index (Phi) is 7.41. The molecule has 3 rings (SSSR count). The van der Waals surface area contributed by atoms with Crippen LogP contribution in [0.15, 0.2) is 47.4 Å². The van der Waals surface area contributed by atoms with Crippen molar-refractivity contribution in [2.24, 2.45) is 0 Å². The zero-order valence-corrected chi connectivity index (χ0v) is 20.6. The number of carbonyl (C=O) groups is 1. The third-order valence-electron chi connectivity index (χ3n) is 5.27. The first-order chi connectivity index (χ1) is 15.5. The second kappa shape index (κ2) is 9.91. The van der Waals surface area contributed by atoms with Gasteiger partial charge in [-0.3, -0.25) is 0 Å². The monoisotopic (exact) mass is 476 g/mol. The van der Waals surface area contributed by atoms with Gasteiger partial charge in [-0.25, -0.2) is 13.2 Å². The fourth-order valence-electron chi connectivity index (χ4n) is 3.63. The lowest BCUT2D eigenvalue weighted by Gasteiger charge is -2.37. The van der Waals surface area contributed by atoms with Crippen LogP contribution in [0, 0.1) is 0 Å². The normalized spacial score (nSPS) is 14.7. The van der Waals surface area contributed by atoms with Crippen molar-refractivity contribution in [3.8, 4) is 11.5 Å². The van der Waals surface area contributed by atoms with Crippen LogP contribution in [0.4, 0.5) is 10.5 Å². The van der Waals surface area contributed by atoms with E-state index < -0.39 is 15.4 Å². The third kappa shape index (κ3) is 6.31. The van der Waals surface area contributed by atoms with Crippen LogP contribution in [0.2, 0.25) is 0 Å². The van der Waals surface area contributed by atoms with Crippen molar-refractivity contribution in [2.75, 3.05) is 45.3 Å². The number of hydrogen-bond acceptors (Lipinski definition) is 7. The molecule has 0 saturated carbocycles. The van der Waals surface area contributed by atoms with Crippen molar-refractivity contribution in [3.63, 3.8) is 0 Å². The van der Waals surface area contributed by atoms with Crippen LogP contribution in [0.3, 0.4) is 0 Å². The molecule has 0 bridgehead atoms. The summed E-state index contributed by atoms with van der Waals surface area (Å²) in [5.74, 6) is 1.01. The zero-order chi connectivity index (χ0) is 24.2. The first kappa shape index (κ1) is 24.7. The second-order valence-corrected chi connectivity index (χ2v) is 10.9. The van der Waals surface area contributed by atoms with E-state index in [2.05, 4.69) is 4.90 Å². The van der Waals surface area contributed by atoms with E-state index in [1.165, 1.54) is 13.2 Å². The summed E-state index contributed by atoms with van der Waals surface area (Å²) in [5, 5.41) is 0. The molecule has 2 aromatic carbocycles. The summed E-state index contributed by atoms with van der Waals surface area (Å²) >= 11 is 0. The highest BCUT2D eigenvalue weighted by Crippen LogP contribution is 2.32. The molecular formula is C24H32N2O6S. The molecule has 33 heavy (non-hydrogen) atoms. The maximum Gasteiger partial charge on any atom is 0.410 e. The van der Waals surface area contributed by atoms with Gasteiger partial charge < -0.3 is 24.0 Å². The highest BCUT2D eigenvalue weighted by molar-refractivity contribution is 7.90. The molecule has 1 aliphatic rings. The first-order valence-electron chi connectivity index (χ1n) is 10.8. The van der Waals surface area contributed by atoms with Crippen molar-refractivity contribution >= 4 is 21.6 Å². The van der Waals surface area contributed by atoms with Gasteiger partial charge >= 0.3 is 6.09 Å². The Labute approximate surface area is 196 Å². The molecule has 8 nitrogen and oxygen atoms in total. The summed E-state index contributed by atoms with van der Waals surface area (Å²) < 4.78 is 42.1. The Balaban J connectivity index is 1.76. The average molecular weight is 477 g/mol. The lowest BCUT2D eigenvalue weighted by molar-refractivity contribution is 0.0240. The van der Waals surface area contributed by atoms with Crippen LogP contribution >= 0.6 is 0 Å². The molecule has 0 unspecified atom stereocenters. The minimum absolute atomic E-state index is 0.144. The van der Waals surface area contributed by atoms with Crippen molar-refractivity contribution in [2.45, 2.75) is 37.0 Å². The molecule has 1 fully saturated rings. The maximum atomic E-state index is 13.0. The van der Waals surface area contributed by atoms with Crippen LogP contribution in [0.5, 0.6) is 11.5 Å². The van der Waals surface area contributed by atoms with Gasteiger partial charge in [-0.2, -0.15) is 0 Å². The molecule has 0 aliphatic carbocycles. The Hall–Kier alpha value is -2.94. The Morgan fingerprint density at radius 1 is 0.970 bits per heavy atom. The molecule has 0 atom stereocenters. The van der Waals surface area contributed by atoms with Gasteiger partial charge in [0.1, 0.15) is 17.1 Å². The van der Waals surface area contributed by atoms with Crippen LogP contribution in [-0.4, -0.2) is 65.4 Å². The summed E-state index contributed by atoms with van der Waals surface area (Å²) in [4.78, 5) is 16.4.